The van der Waals surface area contributed by atoms with Crippen LogP contribution in [0, 0.1) is 11.3 Å². The van der Waals surface area contributed by atoms with Gasteiger partial charge in [-0.3, -0.25) is 0 Å². The Kier molecular flexibility index (Phi) is 6.17. The van der Waals surface area contributed by atoms with Gasteiger partial charge in [-0.2, -0.15) is 5.26 Å². The van der Waals surface area contributed by atoms with E-state index >= 15 is 0 Å². The van der Waals surface area contributed by atoms with Crippen molar-refractivity contribution in [1.82, 2.24) is 0 Å². The van der Waals surface area contributed by atoms with E-state index in [4.69, 9.17) is 10.4 Å². The molecule has 0 heterocycles. The van der Waals surface area contributed by atoms with Gasteiger partial charge in [0, 0.05) is 24.4 Å². The van der Waals surface area contributed by atoms with Crippen molar-refractivity contribution in [3.8, 4) is 6.07 Å². The maximum atomic E-state index is 11.0. The smallest absolute Gasteiger partial charge is 0.331 e. The van der Waals surface area contributed by atoms with Crippen molar-refractivity contribution in [2.24, 2.45) is 0 Å². The number of carbonyl (C=O) groups is 1. The number of rotatable bonds is 7. The molecule has 0 aromatic heterocycles. The molecule has 0 saturated heterocycles. The lowest BCUT2D eigenvalue weighted by molar-refractivity contribution is -0.132. The zero-order valence-electron chi connectivity index (χ0n) is 11.0. The minimum Gasteiger partial charge on any atom is -0.478 e. The molecule has 100 valence electrons. The molecular weight excluding hydrogens is 240 g/mol. The third-order valence-electron chi connectivity index (χ3n) is 2.83. The molecule has 0 spiro atoms. The summed E-state index contributed by atoms with van der Waals surface area (Å²) in [4.78, 5) is 13.0. The first kappa shape index (κ1) is 14.8. The summed E-state index contributed by atoms with van der Waals surface area (Å²) in [6.45, 7) is 2.91. The molecule has 0 atom stereocenters. The number of hydrogen-bond acceptors (Lipinski definition) is 3. The Bertz CT molecular complexity index is 475. The molecular formula is C15H18N2O2. The van der Waals surface area contributed by atoms with Gasteiger partial charge in [-0.25, -0.2) is 4.79 Å². The van der Waals surface area contributed by atoms with Crippen LogP contribution in [-0.4, -0.2) is 24.2 Å². The fourth-order valence-corrected chi connectivity index (χ4v) is 1.75. The monoisotopic (exact) mass is 258 g/mol. The minimum atomic E-state index is -0.879. The summed E-state index contributed by atoms with van der Waals surface area (Å²) in [5, 5.41) is 17.7. The standard InChI is InChI=1S/C15H18N2O2/c1-2-13(15(18)19)9-12-17(11-6-10-16)14-7-4-3-5-8-14/h3-5,7-9H,2,6,11-12H2,1H3,(H,18,19). The molecule has 0 radical (unpaired) electrons. The van der Waals surface area contributed by atoms with Gasteiger partial charge in [0.25, 0.3) is 0 Å². The Morgan fingerprint density at radius 3 is 2.63 bits per heavy atom. The second-order valence-electron chi connectivity index (χ2n) is 4.08. The average Bonchev–Trinajstić information content (AvgIpc) is 2.43. The lowest BCUT2D eigenvalue weighted by Gasteiger charge is -2.22. The van der Waals surface area contributed by atoms with Gasteiger partial charge in [0.2, 0.25) is 0 Å². The highest BCUT2D eigenvalue weighted by Crippen LogP contribution is 2.14. The third-order valence-corrected chi connectivity index (χ3v) is 2.83. The number of nitrogens with zero attached hydrogens (tertiary/aromatic N) is 2. The van der Waals surface area contributed by atoms with E-state index < -0.39 is 5.97 Å². The molecule has 1 rings (SSSR count). The van der Waals surface area contributed by atoms with Gasteiger partial charge in [-0.1, -0.05) is 31.2 Å². The van der Waals surface area contributed by atoms with Gasteiger partial charge in [-0.05, 0) is 18.6 Å². The molecule has 1 aromatic carbocycles. The summed E-state index contributed by atoms with van der Waals surface area (Å²) >= 11 is 0. The van der Waals surface area contributed by atoms with Crippen LogP contribution in [0.5, 0.6) is 0 Å². The van der Waals surface area contributed by atoms with Crippen LogP contribution in [0.2, 0.25) is 0 Å². The molecule has 0 aliphatic rings. The summed E-state index contributed by atoms with van der Waals surface area (Å²) in [6, 6.07) is 11.8. The van der Waals surface area contributed by atoms with Crippen molar-refractivity contribution < 1.29 is 9.90 Å². The van der Waals surface area contributed by atoms with E-state index in [0.29, 0.717) is 31.5 Å². The number of carboxylic acids is 1. The number of carboxylic acid groups (broad SMARTS) is 1. The first-order valence-corrected chi connectivity index (χ1v) is 6.28. The van der Waals surface area contributed by atoms with Gasteiger partial charge in [0.1, 0.15) is 0 Å². The van der Waals surface area contributed by atoms with Crippen molar-refractivity contribution in [2.75, 3.05) is 18.0 Å². The summed E-state index contributed by atoms with van der Waals surface area (Å²) < 4.78 is 0. The number of benzene rings is 1. The highest BCUT2D eigenvalue weighted by atomic mass is 16.4. The Balaban J connectivity index is 2.81. The maximum Gasteiger partial charge on any atom is 0.331 e. The van der Waals surface area contributed by atoms with E-state index in [1.165, 1.54) is 0 Å². The molecule has 0 unspecified atom stereocenters. The van der Waals surface area contributed by atoms with Gasteiger partial charge < -0.3 is 10.0 Å². The summed E-state index contributed by atoms with van der Waals surface area (Å²) in [5.74, 6) is -0.879. The predicted molar refractivity (Wildman–Crippen MR) is 74.9 cm³/mol. The largest absolute Gasteiger partial charge is 0.478 e. The lowest BCUT2D eigenvalue weighted by atomic mass is 10.2. The lowest BCUT2D eigenvalue weighted by Crippen LogP contribution is -2.24. The molecule has 19 heavy (non-hydrogen) atoms. The van der Waals surface area contributed by atoms with E-state index in [-0.39, 0.29) is 0 Å². The fourth-order valence-electron chi connectivity index (χ4n) is 1.75. The molecule has 4 heteroatoms. The molecule has 0 saturated carbocycles. The van der Waals surface area contributed by atoms with Crippen LogP contribution >= 0.6 is 0 Å². The van der Waals surface area contributed by atoms with Crippen LogP contribution in [0.3, 0.4) is 0 Å². The Morgan fingerprint density at radius 1 is 1.42 bits per heavy atom. The molecule has 1 N–H and O–H groups in total. The topological polar surface area (TPSA) is 64.3 Å². The molecule has 1 aromatic rings. The minimum absolute atomic E-state index is 0.401. The zero-order valence-corrected chi connectivity index (χ0v) is 11.0. The van der Waals surface area contributed by atoms with Gasteiger partial charge in [-0.15, -0.1) is 0 Å². The average molecular weight is 258 g/mol. The second-order valence-corrected chi connectivity index (χ2v) is 4.08. The van der Waals surface area contributed by atoms with Crippen LogP contribution in [-0.2, 0) is 4.79 Å². The van der Waals surface area contributed by atoms with E-state index in [1.54, 1.807) is 6.08 Å². The molecule has 4 nitrogen and oxygen atoms in total. The zero-order chi connectivity index (χ0) is 14.1. The van der Waals surface area contributed by atoms with Crippen molar-refractivity contribution in [1.29, 1.82) is 5.26 Å². The normalized spacial score (nSPS) is 10.8. The highest BCUT2D eigenvalue weighted by Gasteiger charge is 2.07. The van der Waals surface area contributed by atoms with Crippen molar-refractivity contribution in [3.05, 3.63) is 42.0 Å². The number of anilines is 1. The van der Waals surface area contributed by atoms with Crippen LogP contribution < -0.4 is 4.90 Å². The van der Waals surface area contributed by atoms with Crippen molar-refractivity contribution >= 4 is 11.7 Å². The summed E-state index contributed by atoms with van der Waals surface area (Å²) in [5.41, 5.74) is 1.40. The van der Waals surface area contributed by atoms with E-state index in [2.05, 4.69) is 6.07 Å². The van der Waals surface area contributed by atoms with Gasteiger partial charge >= 0.3 is 5.97 Å². The van der Waals surface area contributed by atoms with E-state index in [0.717, 1.165) is 5.69 Å². The predicted octanol–water partition coefficient (Wildman–Crippen LogP) is 2.83. The Hall–Kier alpha value is -2.28. The molecule has 0 amide bonds. The van der Waals surface area contributed by atoms with E-state index in [9.17, 15) is 4.79 Å². The van der Waals surface area contributed by atoms with E-state index in [1.807, 2.05) is 42.2 Å². The molecule has 0 fully saturated rings. The van der Waals surface area contributed by atoms with Crippen LogP contribution in [0.15, 0.2) is 42.0 Å². The number of para-hydroxylation sites is 1. The van der Waals surface area contributed by atoms with Crippen molar-refractivity contribution in [2.45, 2.75) is 19.8 Å². The Labute approximate surface area is 113 Å². The quantitative estimate of drug-likeness (QED) is 0.764. The number of aliphatic carboxylic acids is 1. The number of hydrogen-bond donors (Lipinski definition) is 1. The molecule has 0 bridgehead atoms. The first-order chi connectivity index (χ1) is 9.19. The number of nitriles is 1. The fraction of sp³-hybridized carbons (Fsp3) is 0.333. The van der Waals surface area contributed by atoms with Crippen molar-refractivity contribution in [3.63, 3.8) is 0 Å². The second kappa shape index (κ2) is 7.93. The summed E-state index contributed by atoms with van der Waals surface area (Å²) in [7, 11) is 0. The van der Waals surface area contributed by atoms with Crippen LogP contribution in [0.1, 0.15) is 19.8 Å². The maximum absolute atomic E-state index is 11.0. The van der Waals surface area contributed by atoms with Gasteiger partial charge in [0.05, 0.1) is 12.5 Å². The van der Waals surface area contributed by atoms with Crippen LogP contribution in [0.25, 0.3) is 0 Å². The SMILES string of the molecule is CCC(=CCN(CCC#N)c1ccccc1)C(=O)O. The van der Waals surface area contributed by atoms with Gasteiger partial charge in [0.15, 0.2) is 0 Å². The Morgan fingerprint density at radius 2 is 2.11 bits per heavy atom. The summed E-state index contributed by atoms with van der Waals surface area (Å²) in [6.07, 6.45) is 2.63. The first-order valence-electron chi connectivity index (χ1n) is 6.28. The molecule has 0 aliphatic heterocycles. The van der Waals surface area contributed by atoms with Crippen LogP contribution in [0.4, 0.5) is 5.69 Å². The third kappa shape index (κ3) is 4.84. The molecule has 0 aliphatic carbocycles. The highest BCUT2D eigenvalue weighted by molar-refractivity contribution is 5.86.